The topological polar surface area (TPSA) is 75.7 Å². The van der Waals surface area contributed by atoms with Gasteiger partial charge in [-0.1, -0.05) is 24.3 Å². The van der Waals surface area contributed by atoms with Gasteiger partial charge in [0, 0.05) is 26.6 Å². The van der Waals surface area contributed by atoms with Crippen molar-refractivity contribution in [3.8, 4) is 5.75 Å². The number of rotatable bonds is 9. The summed E-state index contributed by atoms with van der Waals surface area (Å²) in [4.78, 5) is 14.0. The number of nitrogens with one attached hydrogen (secondary N) is 1. The largest absolute Gasteiger partial charge is 0.494 e. The number of carbonyl (C=O) groups is 1. The molecule has 0 radical (unpaired) electrons. The van der Waals surface area contributed by atoms with Crippen LogP contribution in [-0.2, 0) is 21.4 Å². The summed E-state index contributed by atoms with van der Waals surface area (Å²) in [5.41, 5.74) is 2.19. The predicted octanol–water partition coefficient (Wildman–Crippen LogP) is 2.72. The first-order chi connectivity index (χ1) is 12.8. The van der Waals surface area contributed by atoms with Crippen LogP contribution >= 0.6 is 0 Å². The van der Waals surface area contributed by atoms with Crippen LogP contribution in [0.25, 0.3) is 0 Å². The maximum atomic E-state index is 12.3. The summed E-state index contributed by atoms with van der Waals surface area (Å²) in [6, 6.07) is 14.1. The van der Waals surface area contributed by atoms with E-state index in [2.05, 4.69) is 4.72 Å². The zero-order valence-corrected chi connectivity index (χ0v) is 16.8. The average molecular weight is 391 g/mol. The van der Waals surface area contributed by atoms with Gasteiger partial charge >= 0.3 is 0 Å². The standard InChI is InChI=1S/C20H26N2O4S/c1-4-26-18-9-11-19(12-10-18)27(24,25)21-14-13-20(23)22(3)15-17-8-6-5-7-16(17)2/h5-12,21H,4,13-15H2,1-3H3. The molecule has 0 aliphatic carbocycles. The highest BCUT2D eigenvalue weighted by molar-refractivity contribution is 7.89. The van der Waals surface area contributed by atoms with Gasteiger partial charge in [0.15, 0.2) is 0 Å². The van der Waals surface area contributed by atoms with E-state index in [0.717, 1.165) is 11.1 Å². The van der Waals surface area contributed by atoms with Crippen LogP contribution < -0.4 is 9.46 Å². The van der Waals surface area contributed by atoms with Crippen LogP contribution in [0.3, 0.4) is 0 Å². The van der Waals surface area contributed by atoms with E-state index in [0.29, 0.717) is 18.9 Å². The molecule has 7 heteroatoms. The number of carbonyl (C=O) groups excluding carboxylic acids is 1. The van der Waals surface area contributed by atoms with Gasteiger partial charge in [0.05, 0.1) is 11.5 Å². The Morgan fingerprint density at radius 2 is 1.78 bits per heavy atom. The Morgan fingerprint density at radius 3 is 2.41 bits per heavy atom. The molecule has 0 aromatic heterocycles. The van der Waals surface area contributed by atoms with E-state index in [9.17, 15) is 13.2 Å². The van der Waals surface area contributed by atoms with E-state index in [1.807, 2.05) is 38.1 Å². The van der Waals surface area contributed by atoms with Crippen LogP contribution in [0, 0.1) is 6.92 Å². The fraction of sp³-hybridized carbons (Fsp3) is 0.350. The number of amides is 1. The molecule has 0 saturated carbocycles. The molecule has 1 N–H and O–H groups in total. The van der Waals surface area contributed by atoms with E-state index in [-0.39, 0.29) is 23.8 Å². The fourth-order valence-corrected chi connectivity index (χ4v) is 3.61. The van der Waals surface area contributed by atoms with Crippen molar-refractivity contribution in [1.29, 1.82) is 0 Å². The minimum atomic E-state index is -3.66. The summed E-state index contributed by atoms with van der Waals surface area (Å²) in [6.07, 6.45) is 0.0959. The lowest BCUT2D eigenvalue weighted by Crippen LogP contribution is -2.32. The van der Waals surface area contributed by atoms with Gasteiger partial charge in [0.25, 0.3) is 0 Å². The highest BCUT2D eigenvalue weighted by Gasteiger charge is 2.16. The molecule has 2 aromatic carbocycles. The van der Waals surface area contributed by atoms with Crippen molar-refractivity contribution in [2.75, 3.05) is 20.2 Å². The van der Waals surface area contributed by atoms with Crippen LogP contribution in [0.5, 0.6) is 5.75 Å². The van der Waals surface area contributed by atoms with Gasteiger partial charge in [-0.15, -0.1) is 0 Å². The number of aryl methyl sites for hydroxylation is 1. The third kappa shape index (κ3) is 6.08. The molecule has 0 aliphatic rings. The van der Waals surface area contributed by atoms with Gasteiger partial charge in [-0.2, -0.15) is 0 Å². The minimum Gasteiger partial charge on any atom is -0.494 e. The van der Waals surface area contributed by atoms with Crippen molar-refractivity contribution in [3.05, 3.63) is 59.7 Å². The molecule has 0 fully saturated rings. The van der Waals surface area contributed by atoms with Crippen molar-refractivity contribution >= 4 is 15.9 Å². The summed E-state index contributed by atoms with van der Waals surface area (Å²) in [6.45, 7) is 4.92. The van der Waals surface area contributed by atoms with Crippen LogP contribution in [0.2, 0.25) is 0 Å². The number of benzene rings is 2. The molecule has 0 bridgehead atoms. The average Bonchev–Trinajstić information content (AvgIpc) is 2.64. The lowest BCUT2D eigenvalue weighted by atomic mass is 10.1. The molecule has 1 amide bonds. The van der Waals surface area contributed by atoms with E-state index < -0.39 is 10.0 Å². The molecule has 6 nitrogen and oxygen atoms in total. The number of hydrogen-bond acceptors (Lipinski definition) is 4. The highest BCUT2D eigenvalue weighted by atomic mass is 32.2. The quantitative estimate of drug-likeness (QED) is 0.714. The Hall–Kier alpha value is -2.38. The van der Waals surface area contributed by atoms with Crippen LogP contribution in [0.4, 0.5) is 0 Å². The van der Waals surface area contributed by atoms with Crippen molar-refractivity contribution < 1.29 is 17.9 Å². The Labute approximate surface area is 161 Å². The molecule has 0 aliphatic heterocycles. The van der Waals surface area contributed by atoms with E-state index >= 15 is 0 Å². The number of ether oxygens (including phenoxy) is 1. The molecule has 0 unspecified atom stereocenters. The second kappa shape index (κ2) is 9.53. The predicted molar refractivity (Wildman–Crippen MR) is 105 cm³/mol. The second-order valence-electron chi connectivity index (χ2n) is 6.23. The second-order valence-corrected chi connectivity index (χ2v) is 8.00. The Bertz CT molecular complexity index is 864. The number of sulfonamides is 1. The van der Waals surface area contributed by atoms with E-state index in [1.165, 1.54) is 12.1 Å². The Morgan fingerprint density at radius 1 is 1.11 bits per heavy atom. The van der Waals surface area contributed by atoms with Gasteiger partial charge in [0.1, 0.15) is 5.75 Å². The fourth-order valence-electron chi connectivity index (χ4n) is 2.58. The van der Waals surface area contributed by atoms with Crippen molar-refractivity contribution in [2.24, 2.45) is 0 Å². The first-order valence-corrected chi connectivity index (χ1v) is 10.3. The lowest BCUT2D eigenvalue weighted by Gasteiger charge is -2.18. The third-order valence-electron chi connectivity index (χ3n) is 4.17. The molecular weight excluding hydrogens is 364 g/mol. The summed E-state index contributed by atoms with van der Waals surface area (Å²) in [5, 5.41) is 0. The van der Waals surface area contributed by atoms with Crippen LogP contribution in [0.1, 0.15) is 24.5 Å². The molecular formula is C20H26N2O4S. The molecule has 0 spiro atoms. The Balaban J connectivity index is 1.86. The molecule has 0 atom stereocenters. The maximum Gasteiger partial charge on any atom is 0.240 e. The molecule has 27 heavy (non-hydrogen) atoms. The van der Waals surface area contributed by atoms with E-state index in [4.69, 9.17) is 4.74 Å². The lowest BCUT2D eigenvalue weighted by molar-refractivity contribution is -0.130. The Kier molecular flexibility index (Phi) is 7.38. The SMILES string of the molecule is CCOc1ccc(S(=O)(=O)NCCC(=O)N(C)Cc2ccccc2C)cc1. The molecule has 0 heterocycles. The monoisotopic (exact) mass is 390 g/mol. The van der Waals surface area contributed by atoms with Crippen LogP contribution in [-0.4, -0.2) is 39.4 Å². The maximum absolute atomic E-state index is 12.3. The molecule has 0 saturated heterocycles. The van der Waals surface area contributed by atoms with Crippen LogP contribution in [0.15, 0.2) is 53.4 Å². The normalized spacial score (nSPS) is 11.2. The summed E-state index contributed by atoms with van der Waals surface area (Å²) in [5.74, 6) is 0.497. The number of nitrogens with zero attached hydrogens (tertiary/aromatic N) is 1. The minimum absolute atomic E-state index is 0.0481. The van der Waals surface area contributed by atoms with E-state index in [1.54, 1.807) is 24.1 Å². The third-order valence-corrected chi connectivity index (χ3v) is 5.65. The zero-order chi connectivity index (χ0) is 19.9. The van der Waals surface area contributed by atoms with Crippen molar-refractivity contribution in [3.63, 3.8) is 0 Å². The van der Waals surface area contributed by atoms with Gasteiger partial charge < -0.3 is 9.64 Å². The highest BCUT2D eigenvalue weighted by Crippen LogP contribution is 2.16. The number of hydrogen-bond donors (Lipinski definition) is 1. The summed E-state index contributed by atoms with van der Waals surface area (Å²) in [7, 11) is -1.94. The van der Waals surface area contributed by atoms with Gasteiger partial charge in [-0.05, 0) is 49.2 Å². The molecule has 2 aromatic rings. The smallest absolute Gasteiger partial charge is 0.240 e. The molecule has 2 rings (SSSR count). The zero-order valence-electron chi connectivity index (χ0n) is 15.9. The molecule has 146 valence electrons. The first-order valence-electron chi connectivity index (χ1n) is 8.84. The summed E-state index contributed by atoms with van der Waals surface area (Å²) >= 11 is 0. The van der Waals surface area contributed by atoms with Crippen molar-refractivity contribution in [2.45, 2.75) is 31.7 Å². The van der Waals surface area contributed by atoms with Gasteiger partial charge in [-0.3, -0.25) is 4.79 Å². The van der Waals surface area contributed by atoms with Gasteiger partial charge in [-0.25, -0.2) is 13.1 Å². The van der Waals surface area contributed by atoms with Gasteiger partial charge in [0.2, 0.25) is 15.9 Å². The van der Waals surface area contributed by atoms with Crippen molar-refractivity contribution in [1.82, 2.24) is 9.62 Å². The summed E-state index contributed by atoms with van der Waals surface area (Å²) < 4.78 is 32.4. The first kappa shape index (κ1) is 20.9.